The molecule has 25 heavy (non-hydrogen) atoms. The van der Waals surface area contributed by atoms with Crippen LogP contribution in [0.3, 0.4) is 0 Å². The van der Waals surface area contributed by atoms with Gasteiger partial charge >= 0.3 is 0 Å². The second-order valence-corrected chi connectivity index (χ2v) is 5.34. The molecule has 0 bridgehead atoms. The van der Waals surface area contributed by atoms with Gasteiger partial charge in [-0.2, -0.15) is 0 Å². The number of hydrogen-bond donors (Lipinski definition) is 1. The largest absolute Gasteiger partial charge is 0.439 e. The van der Waals surface area contributed by atoms with Gasteiger partial charge in [-0.05, 0) is 50.2 Å². The van der Waals surface area contributed by atoms with Crippen molar-refractivity contribution in [2.75, 3.05) is 5.32 Å². The summed E-state index contributed by atoms with van der Waals surface area (Å²) in [5.41, 5.74) is 1.51. The number of amides is 1. The monoisotopic (exact) mass is 338 g/mol. The van der Waals surface area contributed by atoms with Crippen molar-refractivity contribution in [2.24, 2.45) is 0 Å². The Balaban J connectivity index is 1.67. The van der Waals surface area contributed by atoms with Crippen molar-refractivity contribution in [3.8, 4) is 11.6 Å². The fourth-order valence-corrected chi connectivity index (χ4v) is 2.17. The number of rotatable bonds is 4. The van der Waals surface area contributed by atoms with E-state index >= 15 is 0 Å². The predicted molar refractivity (Wildman–Crippen MR) is 90.2 cm³/mol. The highest BCUT2D eigenvalue weighted by Crippen LogP contribution is 2.20. The number of pyridine rings is 1. The lowest BCUT2D eigenvalue weighted by molar-refractivity contribution is 0.102. The van der Waals surface area contributed by atoms with Crippen LogP contribution in [0.4, 0.5) is 10.1 Å². The third-order valence-corrected chi connectivity index (χ3v) is 3.23. The lowest BCUT2D eigenvalue weighted by Gasteiger charge is -2.07. The van der Waals surface area contributed by atoms with Crippen LogP contribution in [-0.4, -0.2) is 20.9 Å². The number of hydrogen-bond acceptors (Lipinski definition) is 5. The molecule has 3 rings (SSSR count). The van der Waals surface area contributed by atoms with Gasteiger partial charge in [-0.25, -0.2) is 19.3 Å². The molecule has 1 aromatic carbocycles. The number of ether oxygens (including phenoxy) is 1. The summed E-state index contributed by atoms with van der Waals surface area (Å²) < 4.78 is 18.4. The summed E-state index contributed by atoms with van der Waals surface area (Å²) in [4.78, 5) is 24.6. The van der Waals surface area contributed by atoms with Gasteiger partial charge in [-0.15, -0.1) is 0 Å². The maximum absolute atomic E-state index is 12.9. The average Bonchev–Trinajstić information content (AvgIpc) is 2.58. The Kier molecular flexibility index (Phi) is 4.65. The molecule has 1 amide bonds. The lowest BCUT2D eigenvalue weighted by Crippen LogP contribution is -2.15. The molecule has 0 aliphatic rings. The molecule has 0 spiro atoms. The molecule has 0 aliphatic heterocycles. The van der Waals surface area contributed by atoms with Crippen molar-refractivity contribution in [3.05, 3.63) is 71.7 Å². The Morgan fingerprint density at radius 1 is 1.08 bits per heavy atom. The van der Waals surface area contributed by atoms with Gasteiger partial charge in [0.1, 0.15) is 23.1 Å². The van der Waals surface area contributed by atoms with E-state index in [1.54, 1.807) is 32.0 Å². The summed E-state index contributed by atoms with van der Waals surface area (Å²) >= 11 is 0. The minimum absolute atomic E-state index is 0.289. The second kappa shape index (κ2) is 7.04. The van der Waals surface area contributed by atoms with Gasteiger partial charge in [0, 0.05) is 11.8 Å². The second-order valence-electron chi connectivity index (χ2n) is 5.34. The van der Waals surface area contributed by atoms with Crippen molar-refractivity contribution in [1.82, 2.24) is 15.0 Å². The Morgan fingerprint density at radius 2 is 1.84 bits per heavy atom. The van der Waals surface area contributed by atoms with Gasteiger partial charge in [0.05, 0.1) is 11.9 Å². The fraction of sp³-hybridized carbons (Fsp3) is 0.111. The SMILES string of the molecule is Cc1cc(C(=O)Nc2ccc(Oc3ccc(F)cc3)nc2)nc(C)n1. The summed E-state index contributed by atoms with van der Waals surface area (Å²) in [6, 6.07) is 10.5. The third-order valence-electron chi connectivity index (χ3n) is 3.23. The van der Waals surface area contributed by atoms with E-state index in [-0.39, 0.29) is 17.4 Å². The summed E-state index contributed by atoms with van der Waals surface area (Å²) in [6.07, 6.45) is 1.47. The number of halogens is 1. The van der Waals surface area contributed by atoms with Crippen molar-refractivity contribution >= 4 is 11.6 Å². The van der Waals surface area contributed by atoms with Crippen LogP contribution in [0, 0.1) is 19.7 Å². The van der Waals surface area contributed by atoms with Crippen LogP contribution in [0.15, 0.2) is 48.7 Å². The normalized spacial score (nSPS) is 10.4. The quantitative estimate of drug-likeness (QED) is 0.785. The first kappa shape index (κ1) is 16.5. The highest BCUT2D eigenvalue weighted by molar-refractivity contribution is 6.02. The van der Waals surface area contributed by atoms with Crippen molar-refractivity contribution in [2.45, 2.75) is 13.8 Å². The van der Waals surface area contributed by atoms with Crippen LogP contribution in [-0.2, 0) is 0 Å². The van der Waals surface area contributed by atoms with E-state index in [9.17, 15) is 9.18 Å². The number of aromatic nitrogens is 3. The van der Waals surface area contributed by atoms with Crippen LogP contribution in [0.2, 0.25) is 0 Å². The van der Waals surface area contributed by atoms with Gasteiger partial charge in [-0.3, -0.25) is 4.79 Å². The summed E-state index contributed by atoms with van der Waals surface area (Å²) in [6.45, 7) is 3.53. The molecule has 0 radical (unpaired) electrons. The van der Waals surface area contributed by atoms with Gasteiger partial charge in [-0.1, -0.05) is 0 Å². The van der Waals surface area contributed by atoms with Crippen LogP contribution < -0.4 is 10.1 Å². The van der Waals surface area contributed by atoms with E-state index in [0.717, 1.165) is 5.69 Å². The predicted octanol–water partition coefficient (Wildman–Crippen LogP) is 3.67. The van der Waals surface area contributed by atoms with E-state index in [4.69, 9.17) is 4.74 Å². The van der Waals surface area contributed by atoms with Crippen LogP contribution in [0.5, 0.6) is 11.6 Å². The van der Waals surface area contributed by atoms with Crippen molar-refractivity contribution in [1.29, 1.82) is 0 Å². The topological polar surface area (TPSA) is 77.0 Å². The number of aryl methyl sites for hydroxylation is 2. The molecule has 0 saturated heterocycles. The van der Waals surface area contributed by atoms with E-state index in [0.29, 0.717) is 23.1 Å². The van der Waals surface area contributed by atoms with Gasteiger partial charge in [0.25, 0.3) is 5.91 Å². The molecule has 3 aromatic rings. The first-order valence-corrected chi connectivity index (χ1v) is 7.53. The summed E-state index contributed by atoms with van der Waals surface area (Å²) in [5, 5.41) is 2.71. The molecule has 0 unspecified atom stereocenters. The maximum Gasteiger partial charge on any atom is 0.274 e. The molecular weight excluding hydrogens is 323 g/mol. The standard InChI is InChI=1S/C18H15FN4O2/c1-11-9-16(22-12(2)21-11)18(24)23-14-5-8-17(20-10-14)25-15-6-3-13(19)4-7-15/h3-10H,1-2H3,(H,23,24). The first-order chi connectivity index (χ1) is 12.0. The molecule has 0 aliphatic carbocycles. The zero-order valence-electron chi connectivity index (χ0n) is 13.7. The van der Waals surface area contributed by atoms with Gasteiger partial charge in [0.2, 0.25) is 5.88 Å². The molecule has 126 valence electrons. The number of carbonyl (C=O) groups excluding carboxylic acids is 1. The Morgan fingerprint density at radius 3 is 2.48 bits per heavy atom. The van der Waals surface area contributed by atoms with Crippen LogP contribution >= 0.6 is 0 Å². The van der Waals surface area contributed by atoms with Crippen LogP contribution in [0.25, 0.3) is 0 Å². The number of anilines is 1. The van der Waals surface area contributed by atoms with Gasteiger partial charge in [0.15, 0.2) is 0 Å². The van der Waals surface area contributed by atoms with E-state index in [2.05, 4.69) is 20.3 Å². The molecule has 6 nitrogen and oxygen atoms in total. The smallest absolute Gasteiger partial charge is 0.274 e. The minimum atomic E-state index is -0.345. The first-order valence-electron chi connectivity index (χ1n) is 7.53. The Bertz CT molecular complexity index is 876. The molecule has 7 heteroatoms. The molecule has 2 aromatic heterocycles. The molecule has 0 fully saturated rings. The fourth-order valence-electron chi connectivity index (χ4n) is 2.17. The maximum atomic E-state index is 12.9. The van der Waals surface area contributed by atoms with Crippen molar-refractivity contribution in [3.63, 3.8) is 0 Å². The third kappa shape index (κ3) is 4.35. The average molecular weight is 338 g/mol. The Hall–Kier alpha value is -3.35. The number of nitrogens with zero attached hydrogens (tertiary/aromatic N) is 3. The van der Waals surface area contributed by atoms with Crippen LogP contribution in [0.1, 0.15) is 22.0 Å². The number of benzene rings is 1. The van der Waals surface area contributed by atoms with Crippen molar-refractivity contribution < 1.29 is 13.9 Å². The highest BCUT2D eigenvalue weighted by atomic mass is 19.1. The molecular formula is C18H15FN4O2. The zero-order chi connectivity index (χ0) is 17.8. The minimum Gasteiger partial charge on any atom is -0.439 e. The van der Waals surface area contributed by atoms with E-state index in [1.165, 1.54) is 30.5 Å². The molecule has 1 N–H and O–H groups in total. The Labute approximate surface area is 143 Å². The number of carbonyl (C=O) groups is 1. The summed E-state index contributed by atoms with van der Waals surface area (Å²) in [5.74, 6) is 0.651. The molecule has 0 atom stereocenters. The van der Waals surface area contributed by atoms with E-state index in [1.807, 2.05) is 0 Å². The molecule has 0 saturated carbocycles. The number of nitrogens with one attached hydrogen (secondary N) is 1. The van der Waals surface area contributed by atoms with Gasteiger partial charge < -0.3 is 10.1 Å². The summed E-state index contributed by atoms with van der Waals surface area (Å²) in [7, 11) is 0. The lowest BCUT2D eigenvalue weighted by atomic mass is 10.3. The molecule has 2 heterocycles. The highest BCUT2D eigenvalue weighted by Gasteiger charge is 2.10. The van der Waals surface area contributed by atoms with E-state index < -0.39 is 0 Å². The zero-order valence-corrected chi connectivity index (χ0v) is 13.7.